The zero-order chi connectivity index (χ0) is 13.1. The Morgan fingerprint density at radius 2 is 2.10 bits per heavy atom. The maximum Gasteiger partial charge on any atom is 0.165 e. The second kappa shape index (κ2) is 3.91. The van der Waals surface area contributed by atoms with Gasteiger partial charge in [-0.1, -0.05) is 0 Å². The Balaban J connectivity index is 1.56. The summed E-state index contributed by atoms with van der Waals surface area (Å²) in [5.41, 5.74) is 1.89. The molecule has 1 unspecified atom stereocenters. The van der Waals surface area contributed by atoms with Gasteiger partial charge in [-0.2, -0.15) is 0 Å². The van der Waals surface area contributed by atoms with E-state index in [-0.39, 0.29) is 0 Å². The first-order valence-electron chi connectivity index (χ1n) is 7.58. The van der Waals surface area contributed by atoms with Crippen molar-refractivity contribution in [3.05, 3.63) is 12.7 Å². The SMILES string of the molecule is c1nc(NC2CC2)c2ncn(C3C[C@H]4CC[C@@H]3N4)c2n1. The fourth-order valence-corrected chi connectivity index (χ4v) is 3.72. The van der Waals surface area contributed by atoms with Crippen LogP contribution in [0.25, 0.3) is 11.2 Å². The van der Waals surface area contributed by atoms with Crippen molar-refractivity contribution in [1.29, 1.82) is 0 Å². The maximum atomic E-state index is 4.58. The van der Waals surface area contributed by atoms with Crippen LogP contribution in [-0.4, -0.2) is 37.6 Å². The quantitative estimate of drug-likeness (QED) is 0.884. The number of hydrogen-bond acceptors (Lipinski definition) is 5. The molecule has 2 aromatic heterocycles. The lowest BCUT2D eigenvalue weighted by atomic mass is 9.95. The van der Waals surface area contributed by atoms with E-state index in [9.17, 15) is 0 Å². The minimum Gasteiger partial charge on any atom is -0.365 e. The molecule has 6 heteroatoms. The van der Waals surface area contributed by atoms with Crippen LogP contribution in [0, 0.1) is 0 Å². The molecular formula is C14H18N6. The summed E-state index contributed by atoms with van der Waals surface area (Å²) in [6, 6.07) is 2.37. The third-order valence-corrected chi connectivity index (χ3v) is 4.90. The smallest absolute Gasteiger partial charge is 0.165 e. The summed E-state index contributed by atoms with van der Waals surface area (Å²) in [6.07, 6.45) is 9.87. The van der Waals surface area contributed by atoms with Crippen LogP contribution >= 0.6 is 0 Å². The van der Waals surface area contributed by atoms with Gasteiger partial charge in [0.05, 0.1) is 12.4 Å². The number of fused-ring (bicyclic) bond motifs is 3. The molecule has 1 aliphatic carbocycles. The average Bonchev–Trinajstić information content (AvgIpc) is 2.92. The average molecular weight is 270 g/mol. The first-order chi connectivity index (χ1) is 9.88. The molecule has 1 saturated carbocycles. The molecule has 5 rings (SSSR count). The van der Waals surface area contributed by atoms with E-state index in [1.165, 1.54) is 32.1 Å². The Kier molecular flexibility index (Phi) is 2.16. The van der Waals surface area contributed by atoms with Gasteiger partial charge >= 0.3 is 0 Å². The molecule has 0 amide bonds. The molecule has 2 aliphatic heterocycles. The van der Waals surface area contributed by atoms with Gasteiger partial charge in [0.15, 0.2) is 11.5 Å². The van der Waals surface area contributed by atoms with Crippen LogP contribution in [0.15, 0.2) is 12.7 Å². The normalized spacial score (nSPS) is 32.1. The van der Waals surface area contributed by atoms with Crippen LogP contribution in [0.1, 0.15) is 38.1 Å². The van der Waals surface area contributed by atoms with Gasteiger partial charge in [-0.05, 0) is 32.1 Å². The molecule has 3 fully saturated rings. The molecule has 3 atom stereocenters. The van der Waals surface area contributed by atoms with Crippen LogP contribution in [0.2, 0.25) is 0 Å². The highest BCUT2D eigenvalue weighted by atomic mass is 15.2. The van der Waals surface area contributed by atoms with Crippen molar-refractivity contribution in [2.75, 3.05) is 5.32 Å². The Labute approximate surface area is 117 Å². The van der Waals surface area contributed by atoms with Crippen LogP contribution in [0.3, 0.4) is 0 Å². The molecular weight excluding hydrogens is 252 g/mol. The van der Waals surface area contributed by atoms with Crippen LogP contribution in [-0.2, 0) is 0 Å². The molecule has 20 heavy (non-hydrogen) atoms. The van der Waals surface area contributed by atoms with E-state index in [1.807, 2.05) is 6.33 Å². The first kappa shape index (κ1) is 11.0. The van der Waals surface area contributed by atoms with Crippen LogP contribution < -0.4 is 10.6 Å². The zero-order valence-electron chi connectivity index (χ0n) is 11.3. The van der Waals surface area contributed by atoms with E-state index in [2.05, 4.69) is 30.2 Å². The molecule has 6 nitrogen and oxygen atoms in total. The molecule has 2 saturated heterocycles. The summed E-state index contributed by atoms with van der Waals surface area (Å²) in [7, 11) is 0. The summed E-state index contributed by atoms with van der Waals surface area (Å²) in [5.74, 6) is 0.896. The Hall–Kier alpha value is -1.69. The lowest BCUT2D eigenvalue weighted by molar-refractivity contribution is 0.403. The topological polar surface area (TPSA) is 67.7 Å². The van der Waals surface area contributed by atoms with E-state index in [0.717, 1.165) is 17.0 Å². The van der Waals surface area contributed by atoms with E-state index in [4.69, 9.17) is 0 Å². The number of rotatable bonds is 3. The van der Waals surface area contributed by atoms with Gasteiger partial charge in [0.2, 0.25) is 0 Å². The van der Waals surface area contributed by atoms with E-state index in [1.54, 1.807) is 6.33 Å². The lowest BCUT2D eigenvalue weighted by Gasteiger charge is -2.21. The van der Waals surface area contributed by atoms with Crippen molar-refractivity contribution in [2.45, 2.75) is 56.3 Å². The standard InChI is InChI=1S/C14H18N6/c1-2-8(1)19-13-12-14(16-6-15-13)20(7-17-12)11-5-9-3-4-10(11)18-9/h6-11,18H,1-5H2,(H,15,16,19)/t9-,10+,11?/m1/s1. The van der Waals surface area contributed by atoms with Gasteiger partial charge in [0, 0.05) is 18.1 Å². The monoisotopic (exact) mass is 270 g/mol. The molecule has 3 aliphatic rings. The largest absolute Gasteiger partial charge is 0.365 e. The number of nitrogens with one attached hydrogen (secondary N) is 2. The minimum atomic E-state index is 0.502. The minimum absolute atomic E-state index is 0.502. The molecule has 0 aromatic carbocycles. The van der Waals surface area contributed by atoms with Gasteiger partial charge < -0.3 is 15.2 Å². The molecule has 0 spiro atoms. The van der Waals surface area contributed by atoms with Crippen molar-refractivity contribution in [3.8, 4) is 0 Å². The zero-order valence-corrected chi connectivity index (χ0v) is 11.3. The first-order valence-corrected chi connectivity index (χ1v) is 7.58. The Bertz CT molecular complexity index is 661. The molecule has 2 bridgehead atoms. The maximum absolute atomic E-state index is 4.58. The third kappa shape index (κ3) is 1.57. The van der Waals surface area contributed by atoms with Crippen molar-refractivity contribution in [3.63, 3.8) is 0 Å². The second-order valence-corrected chi connectivity index (χ2v) is 6.32. The van der Waals surface area contributed by atoms with Crippen molar-refractivity contribution in [2.24, 2.45) is 0 Å². The van der Waals surface area contributed by atoms with Crippen molar-refractivity contribution < 1.29 is 0 Å². The summed E-state index contributed by atoms with van der Waals surface area (Å²) in [4.78, 5) is 13.4. The predicted octanol–water partition coefficient (Wildman–Crippen LogP) is 1.47. The van der Waals surface area contributed by atoms with Gasteiger partial charge in [-0.3, -0.25) is 0 Å². The summed E-state index contributed by atoms with van der Waals surface area (Å²) in [5, 5.41) is 7.13. The fraction of sp³-hybridized carbons (Fsp3) is 0.643. The van der Waals surface area contributed by atoms with E-state index < -0.39 is 0 Å². The number of aromatic nitrogens is 4. The molecule has 0 radical (unpaired) electrons. The van der Waals surface area contributed by atoms with Crippen molar-refractivity contribution >= 4 is 17.0 Å². The highest BCUT2D eigenvalue weighted by Gasteiger charge is 2.40. The summed E-state index contributed by atoms with van der Waals surface area (Å²) < 4.78 is 2.26. The third-order valence-electron chi connectivity index (χ3n) is 4.90. The van der Waals surface area contributed by atoms with Crippen molar-refractivity contribution in [1.82, 2.24) is 24.8 Å². The van der Waals surface area contributed by atoms with Crippen LogP contribution in [0.5, 0.6) is 0 Å². The number of imidazole rings is 1. The highest BCUT2D eigenvalue weighted by molar-refractivity contribution is 5.83. The predicted molar refractivity (Wildman–Crippen MR) is 75.6 cm³/mol. The van der Waals surface area contributed by atoms with E-state index in [0.29, 0.717) is 24.2 Å². The summed E-state index contributed by atoms with van der Waals surface area (Å²) >= 11 is 0. The Morgan fingerprint density at radius 3 is 2.85 bits per heavy atom. The van der Waals surface area contributed by atoms with Gasteiger partial charge in [0.1, 0.15) is 11.8 Å². The molecule has 2 aromatic rings. The van der Waals surface area contributed by atoms with Gasteiger partial charge in [-0.25, -0.2) is 15.0 Å². The molecule has 104 valence electrons. The van der Waals surface area contributed by atoms with Crippen LogP contribution in [0.4, 0.5) is 5.82 Å². The summed E-state index contributed by atoms with van der Waals surface area (Å²) in [6.45, 7) is 0. The van der Waals surface area contributed by atoms with Gasteiger partial charge in [0.25, 0.3) is 0 Å². The molecule has 2 N–H and O–H groups in total. The number of nitrogens with zero attached hydrogens (tertiary/aromatic N) is 4. The fourth-order valence-electron chi connectivity index (χ4n) is 3.72. The lowest BCUT2D eigenvalue weighted by Crippen LogP contribution is -2.25. The highest BCUT2D eigenvalue weighted by Crippen LogP contribution is 2.38. The Morgan fingerprint density at radius 1 is 1.15 bits per heavy atom. The van der Waals surface area contributed by atoms with E-state index >= 15 is 0 Å². The molecule has 4 heterocycles. The number of anilines is 1. The number of hydrogen-bond donors (Lipinski definition) is 2. The second-order valence-electron chi connectivity index (χ2n) is 6.32. The van der Waals surface area contributed by atoms with Gasteiger partial charge in [-0.15, -0.1) is 0 Å².